The molecule has 1 aromatic carbocycles. The molecule has 5 rings (SSSR count). The van der Waals surface area contributed by atoms with Crippen molar-refractivity contribution in [3.8, 4) is 16.9 Å². The van der Waals surface area contributed by atoms with E-state index in [-0.39, 0.29) is 34.1 Å². The summed E-state index contributed by atoms with van der Waals surface area (Å²) in [6.45, 7) is 12.9. The van der Waals surface area contributed by atoms with Gasteiger partial charge in [0.15, 0.2) is 5.65 Å². The maximum atomic E-state index is 15.0. The van der Waals surface area contributed by atoms with Gasteiger partial charge in [0.2, 0.25) is 5.91 Å². The average molecular weight is 575 g/mol. The van der Waals surface area contributed by atoms with Crippen molar-refractivity contribution in [2.45, 2.75) is 46.1 Å². The van der Waals surface area contributed by atoms with E-state index in [9.17, 15) is 14.0 Å². The Balaban J connectivity index is 1.82. The van der Waals surface area contributed by atoms with Gasteiger partial charge in [-0.05, 0) is 55.2 Å². The van der Waals surface area contributed by atoms with Crippen molar-refractivity contribution >= 4 is 34.4 Å². The molecule has 0 radical (unpaired) electrons. The van der Waals surface area contributed by atoms with Gasteiger partial charge in [0, 0.05) is 37.4 Å². The molecule has 0 aliphatic carbocycles. The molecule has 8 nitrogen and oxygen atoms in total. The number of halogens is 2. The molecule has 1 fully saturated rings. The summed E-state index contributed by atoms with van der Waals surface area (Å²) in [5.74, 6) is -0.173. The van der Waals surface area contributed by atoms with E-state index in [4.69, 9.17) is 16.6 Å². The summed E-state index contributed by atoms with van der Waals surface area (Å²) in [5, 5.41) is 0.783. The van der Waals surface area contributed by atoms with Gasteiger partial charge in [0.25, 0.3) is 0 Å². The fraction of sp³-hybridized carbons (Fsp3) is 0.323. The van der Waals surface area contributed by atoms with E-state index in [1.54, 1.807) is 35.4 Å². The number of benzene rings is 1. The molecule has 0 unspecified atom stereocenters. The van der Waals surface area contributed by atoms with Crippen LogP contribution in [-0.4, -0.2) is 56.0 Å². The molecule has 0 N–H and O–H groups in total. The number of fused-ring (bicyclic) bond motifs is 1. The summed E-state index contributed by atoms with van der Waals surface area (Å²) in [6.07, 6.45) is 3.74. The Hall–Kier alpha value is -4.11. The van der Waals surface area contributed by atoms with Gasteiger partial charge < -0.3 is 9.80 Å². The van der Waals surface area contributed by atoms with Crippen molar-refractivity contribution in [1.82, 2.24) is 24.4 Å². The first-order chi connectivity index (χ1) is 19.7. The summed E-state index contributed by atoms with van der Waals surface area (Å²) in [4.78, 5) is 44.2. The van der Waals surface area contributed by atoms with Crippen molar-refractivity contribution in [2.24, 2.45) is 0 Å². The van der Waals surface area contributed by atoms with Crippen molar-refractivity contribution < 1.29 is 9.18 Å². The highest BCUT2D eigenvalue weighted by Gasteiger charge is 2.32. The largest absolute Gasteiger partial charge is 0.355 e. The lowest BCUT2D eigenvalue weighted by molar-refractivity contribution is -0.126. The fourth-order valence-corrected chi connectivity index (χ4v) is 5.72. The van der Waals surface area contributed by atoms with Gasteiger partial charge in [0.05, 0.1) is 27.5 Å². The van der Waals surface area contributed by atoms with Crippen molar-refractivity contribution in [3.63, 3.8) is 0 Å². The lowest BCUT2D eigenvalue weighted by atomic mass is 10.0. The summed E-state index contributed by atoms with van der Waals surface area (Å²) < 4.78 is 16.4. The molecular formula is C31H32ClFN6O2. The van der Waals surface area contributed by atoms with Gasteiger partial charge in [-0.2, -0.15) is 4.98 Å². The normalized spacial score (nSPS) is 15.5. The highest BCUT2D eigenvalue weighted by atomic mass is 35.5. The van der Waals surface area contributed by atoms with E-state index < -0.39 is 11.5 Å². The quantitative estimate of drug-likeness (QED) is 0.276. The number of hydrogen-bond acceptors (Lipinski definition) is 6. The minimum absolute atomic E-state index is 0.00445. The number of pyridine rings is 2. The second kappa shape index (κ2) is 11.4. The standard InChI is InChI=1S/C31H32ClFN6O2/c1-6-20-17-37(25(40)7-2)14-15-38(20)29-22-16-23(32)27(21-10-8-9-11-24(21)33)35-30(22)39(31(41)36-29)28-19(5)12-13-34-26(28)18(3)4/h7-13,16,18,20H,2,6,14-15,17H2,1,3-5H3/t20-/m0/s1. The summed E-state index contributed by atoms with van der Waals surface area (Å²) in [5.41, 5.74) is 2.37. The van der Waals surface area contributed by atoms with Gasteiger partial charge in [0.1, 0.15) is 11.6 Å². The van der Waals surface area contributed by atoms with Crippen LogP contribution in [0.2, 0.25) is 5.02 Å². The third-order valence-corrected chi connectivity index (χ3v) is 7.86. The number of aryl methyl sites for hydroxylation is 1. The molecule has 1 aliphatic heterocycles. The Bertz CT molecular complexity index is 1720. The number of anilines is 1. The number of aromatic nitrogens is 4. The molecular weight excluding hydrogens is 543 g/mol. The van der Waals surface area contributed by atoms with E-state index in [2.05, 4.69) is 16.5 Å². The molecule has 1 amide bonds. The van der Waals surface area contributed by atoms with Crippen molar-refractivity contribution in [1.29, 1.82) is 0 Å². The predicted molar refractivity (Wildman–Crippen MR) is 160 cm³/mol. The first-order valence-corrected chi connectivity index (χ1v) is 14.1. The number of amides is 1. The summed E-state index contributed by atoms with van der Waals surface area (Å²) >= 11 is 6.79. The SMILES string of the molecule is C=CC(=O)N1CCN(c2nc(=O)n(-c3c(C)ccnc3C(C)C)c3nc(-c4ccccc4F)c(Cl)cc23)[C@@H](CC)C1. The van der Waals surface area contributed by atoms with Crippen LogP contribution in [0.4, 0.5) is 10.2 Å². The number of hydrogen-bond donors (Lipinski definition) is 0. The zero-order valence-corrected chi connectivity index (χ0v) is 24.3. The molecule has 0 saturated carbocycles. The van der Waals surface area contributed by atoms with Crippen molar-refractivity contribution in [2.75, 3.05) is 24.5 Å². The Labute approximate surface area is 243 Å². The number of carbonyl (C=O) groups is 1. The van der Waals surface area contributed by atoms with Crippen LogP contribution < -0.4 is 10.6 Å². The minimum Gasteiger partial charge on any atom is -0.349 e. The topological polar surface area (TPSA) is 84.2 Å². The predicted octanol–water partition coefficient (Wildman–Crippen LogP) is 5.68. The Morgan fingerprint density at radius 2 is 1.98 bits per heavy atom. The lowest BCUT2D eigenvalue weighted by Crippen LogP contribution is -2.55. The number of rotatable bonds is 6. The molecule has 1 aliphatic rings. The molecule has 0 bridgehead atoms. The highest BCUT2D eigenvalue weighted by molar-refractivity contribution is 6.33. The zero-order chi connectivity index (χ0) is 29.4. The van der Waals surface area contributed by atoms with E-state index in [0.717, 1.165) is 11.3 Å². The molecule has 10 heteroatoms. The van der Waals surface area contributed by atoms with Gasteiger partial charge in [-0.1, -0.05) is 51.1 Å². The molecule has 1 saturated heterocycles. The fourth-order valence-electron chi connectivity index (χ4n) is 5.47. The third-order valence-electron chi connectivity index (χ3n) is 7.57. The summed E-state index contributed by atoms with van der Waals surface area (Å²) in [7, 11) is 0. The van der Waals surface area contributed by atoms with E-state index in [0.29, 0.717) is 48.6 Å². The second-order valence-corrected chi connectivity index (χ2v) is 10.9. The maximum Gasteiger partial charge on any atom is 0.355 e. The Morgan fingerprint density at radius 1 is 1.22 bits per heavy atom. The van der Waals surface area contributed by atoms with E-state index >= 15 is 0 Å². The molecule has 3 aromatic heterocycles. The first-order valence-electron chi connectivity index (χ1n) is 13.7. The second-order valence-electron chi connectivity index (χ2n) is 10.5. The first kappa shape index (κ1) is 28.4. The van der Waals surface area contributed by atoms with Crippen LogP contribution >= 0.6 is 11.6 Å². The van der Waals surface area contributed by atoms with E-state index in [1.807, 2.05) is 38.7 Å². The van der Waals surface area contributed by atoms with Gasteiger partial charge in [-0.3, -0.25) is 9.78 Å². The van der Waals surface area contributed by atoms with Crippen molar-refractivity contribution in [3.05, 3.63) is 87.8 Å². The average Bonchev–Trinajstić information content (AvgIpc) is 2.96. The van der Waals surface area contributed by atoms with Crippen LogP contribution in [0.25, 0.3) is 28.0 Å². The Kier molecular flexibility index (Phi) is 7.91. The third kappa shape index (κ3) is 5.10. The number of nitrogens with zero attached hydrogens (tertiary/aromatic N) is 6. The molecule has 4 heterocycles. The van der Waals surface area contributed by atoms with Crippen LogP contribution in [0.1, 0.15) is 44.4 Å². The summed E-state index contributed by atoms with van der Waals surface area (Å²) in [6, 6.07) is 9.71. The smallest absolute Gasteiger partial charge is 0.349 e. The molecule has 0 spiro atoms. The van der Waals surface area contributed by atoms with E-state index in [1.165, 1.54) is 16.7 Å². The maximum absolute atomic E-state index is 15.0. The molecule has 1 atom stereocenters. The van der Waals surface area contributed by atoms with Crippen LogP contribution in [-0.2, 0) is 4.79 Å². The molecule has 41 heavy (non-hydrogen) atoms. The van der Waals surface area contributed by atoms with Gasteiger partial charge in [-0.15, -0.1) is 0 Å². The molecule has 4 aromatic rings. The van der Waals surface area contributed by atoms with Crippen LogP contribution in [0.5, 0.6) is 0 Å². The highest BCUT2D eigenvalue weighted by Crippen LogP contribution is 2.36. The van der Waals surface area contributed by atoms with Crippen LogP contribution in [0.15, 0.2) is 60.0 Å². The number of piperazine rings is 1. The Morgan fingerprint density at radius 3 is 2.66 bits per heavy atom. The minimum atomic E-state index is -0.528. The molecule has 212 valence electrons. The van der Waals surface area contributed by atoms with Crippen LogP contribution in [0.3, 0.4) is 0 Å². The van der Waals surface area contributed by atoms with Crippen LogP contribution in [0, 0.1) is 12.7 Å². The lowest BCUT2D eigenvalue weighted by Gasteiger charge is -2.42. The number of carbonyl (C=O) groups excluding carboxylic acids is 1. The monoisotopic (exact) mass is 574 g/mol. The van der Waals surface area contributed by atoms with Gasteiger partial charge >= 0.3 is 5.69 Å². The zero-order valence-electron chi connectivity index (χ0n) is 23.6. The van der Waals surface area contributed by atoms with Gasteiger partial charge in [-0.25, -0.2) is 18.7 Å².